The van der Waals surface area contributed by atoms with Gasteiger partial charge in [-0.3, -0.25) is 4.68 Å². The Balaban J connectivity index is 2.00. The molecule has 6 heteroatoms. The molecule has 0 unspecified atom stereocenters. The lowest BCUT2D eigenvalue weighted by Crippen LogP contribution is -2.17. The molecule has 0 spiro atoms. The predicted molar refractivity (Wildman–Crippen MR) is 78.7 cm³/mol. The summed E-state index contributed by atoms with van der Waals surface area (Å²) in [5, 5.41) is 4.46. The van der Waals surface area contributed by atoms with Crippen LogP contribution in [0.15, 0.2) is 0 Å². The van der Waals surface area contributed by atoms with Gasteiger partial charge in [0, 0.05) is 13.6 Å². The van der Waals surface area contributed by atoms with Crippen molar-refractivity contribution >= 4 is 35.1 Å². The third kappa shape index (κ3) is 2.01. The van der Waals surface area contributed by atoms with E-state index in [1.54, 1.807) is 0 Å². The molecular formula is C12H18N4S2. The van der Waals surface area contributed by atoms with Crippen molar-refractivity contribution < 1.29 is 0 Å². The average Bonchev–Trinajstić information content (AvgIpc) is 2.81. The molecule has 3 rings (SSSR count). The average molecular weight is 282 g/mol. The van der Waals surface area contributed by atoms with Gasteiger partial charge in [0.25, 0.3) is 0 Å². The predicted octanol–water partition coefficient (Wildman–Crippen LogP) is 2.88. The van der Waals surface area contributed by atoms with Gasteiger partial charge in [-0.2, -0.15) is 16.9 Å². The van der Waals surface area contributed by atoms with Gasteiger partial charge < -0.3 is 9.55 Å². The van der Waals surface area contributed by atoms with Gasteiger partial charge in [-0.05, 0) is 49.4 Å². The zero-order valence-electron chi connectivity index (χ0n) is 10.8. The van der Waals surface area contributed by atoms with Gasteiger partial charge in [-0.15, -0.1) is 0 Å². The molecule has 1 aliphatic heterocycles. The zero-order valence-corrected chi connectivity index (χ0v) is 12.4. The SMILES string of the molecule is Cc1nn(C)c2c1[nH]c(=S)n2CC1CCSCC1. The van der Waals surface area contributed by atoms with Crippen molar-refractivity contribution in [1.29, 1.82) is 0 Å². The molecular weight excluding hydrogens is 264 g/mol. The minimum absolute atomic E-state index is 0.757. The number of aromatic nitrogens is 4. The molecule has 1 saturated heterocycles. The van der Waals surface area contributed by atoms with Crippen LogP contribution in [0, 0.1) is 17.6 Å². The second-order valence-corrected chi connectivity index (χ2v) is 6.62. The van der Waals surface area contributed by atoms with Crippen LogP contribution < -0.4 is 0 Å². The summed E-state index contributed by atoms with van der Waals surface area (Å²) in [5.74, 6) is 3.33. The van der Waals surface area contributed by atoms with E-state index in [-0.39, 0.29) is 0 Å². The lowest BCUT2D eigenvalue weighted by atomic mass is 10.0. The smallest absolute Gasteiger partial charge is 0.179 e. The van der Waals surface area contributed by atoms with Crippen molar-refractivity contribution in [3.05, 3.63) is 10.5 Å². The van der Waals surface area contributed by atoms with E-state index in [1.807, 2.05) is 18.7 Å². The molecule has 0 radical (unpaired) electrons. The first-order valence-electron chi connectivity index (χ1n) is 6.36. The van der Waals surface area contributed by atoms with E-state index in [0.717, 1.165) is 34.1 Å². The number of hydrogen-bond acceptors (Lipinski definition) is 3. The molecule has 0 bridgehead atoms. The Kier molecular flexibility index (Phi) is 3.23. The number of nitrogens with one attached hydrogen (secondary N) is 1. The number of aryl methyl sites for hydroxylation is 2. The maximum Gasteiger partial charge on any atom is 0.179 e. The van der Waals surface area contributed by atoms with Gasteiger partial charge in [0.15, 0.2) is 10.4 Å². The summed E-state index contributed by atoms with van der Waals surface area (Å²) in [6.07, 6.45) is 2.60. The Hall–Kier alpha value is -0.750. The highest BCUT2D eigenvalue weighted by atomic mass is 32.2. The molecule has 1 fully saturated rings. The van der Waals surface area contributed by atoms with E-state index >= 15 is 0 Å². The van der Waals surface area contributed by atoms with Gasteiger partial charge >= 0.3 is 0 Å². The molecule has 18 heavy (non-hydrogen) atoms. The summed E-state index contributed by atoms with van der Waals surface area (Å²) >= 11 is 7.52. The Morgan fingerprint density at radius 3 is 2.89 bits per heavy atom. The molecule has 2 aromatic heterocycles. The largest absolute Gasteiger partial charge is 0.328 e. The van der Waals surface area contributed by atoms with Crippen LogP contribution in [0.5, 0.6) is 0 Å². The molecule has 3 heterocycles. The summed E-state index contributed by atoms with van der Waals surface area (Å²) in [4.78, 5) is 3.29. The lowest BCUT2D eigenvalue weighted by molar-refractivity contribution is 0.416. The quantitative estimate of drug-likeness (QED) is 0.861. The second-order valence-electron chi connectivity index (χ2n) is 5.00. The number of hydrogen-bond donors (Lipinski definition) is 1. The second kappa shape index (κ2) is 4.74. The van der Waals surface area contributed by atoms with Gasteiger partial charge in [-0.1, -0.05) is 0 Å². The van der Waals surface area contributed by atoms with Crippen LogP contribution in [0.1, 0.15) is 18.5 Å². The molecule has 0 aromatic carbocycles. The maximum absolute atomic E-state index is 5.46. The van der Waals surface area contributed by atoms with Gasteiger partial charge in [0.05, 0.1) is 5.69 Å². The Labute approximate surface area is 116 Å². The number of rotatable bonds is 2. The Morgan fingerprint density at radius 2 is 2.17 bits per heavy atom. The molecule has 1 N–H and O–H groups in total. The highest BCUT2D eigenvalue weighted by Crippen LogP contribution is 2.26. The monoisotopic (exact) mass is 282 g/mol. The van der Waals surface area contributed by atoms with Crippen molar-refractivity contribution in [2.24, 2.45) is 13.0 Å². The topological polar surface area (TPSA) is 38.5 Å². The first kappa shape index (κ1) is 12.3. The van der Waals surface area contributed by atoms with E-state index in [0.29, 0.717) is 0 Å². The third-order valence-electron chi connectivity index (χ3n) is 3.71. The minimum Gasteiger partial charge on any atom is -0.328 e. The lowest BCUT2D eigenvalue weighted by Gasteiger charge is -2.21. The molecule has 98 valence electrons. The van der Waals surface area contributed by atoms with Gasteiger partial charge in [0.2, 0.25) is 0 Å². The Morgan fingerprint density at radius 1 is 1.44 bits per heavy atom. The number of H-pyrrole nitrogens is 1. The summed E-state index contributed by atoms with van der Waals surface area (Å²) in [5.41, 5.74) is 3.25. The number of nitrogens with zero attached hydrogens (tertiary/aromatic N) is 3. The highest BCUT2D eigenvalue weighted by molar-refractivity contribution is 7.99. The first-order valence-corrected chi connectivity index (χ1v) is 7.93. The van der Waals surface area contributed by atoms with E-state index in [1.165, 1.54) is 24.3 Å². The van der Waals surface area contributed by atoms with Gasteiger partial charge in [0.1, 0.15) is 5.52 Å². The van der Waals surface area contributed by atoms with Crippen molar-refractivity contribution in [2.75, 3.05) is 11.5 Å². The molecule has 2 aromatic rings. The molecule has 0 saturated carbocycles. The van der Waals surface area contributed by atoms with E-state index in [4.69, 9.17) is 12.2 Å². The molecule has 4 nitrogen and oxygen atoms in total. The number of thioether (sulfide) groups is 1. The molecule has 0 aliphatic carbocycles. The molecule has 1 aliphatic rings. The number of aromatic amines is 1. The van der Waals surface area contributed by atoms with E-state index in [2.05, 4.69) is 26.4 Å². The van der Waals surface area contributed by atoms with Crippen LogP contribution in [0.3, 0.4) is 0 Å². The fourth-order valence-corrected chi connectivity index (χ4v) is 4.20. The van der Waals surface area contributed by atoms with Gasteiger partial charge in [-0.25, -0.2) is 0 Å². The highest BCUT2D eigenvalue weighted by Gasteiger charge is 2.18. The van der Waals surface area contributed by atoms with E-state index < -0.39 is 0 Å². The van der Waals surface area contributed by atoms with Crippen molar-refractivity contribution in [1.82, 2.24) is 19.3 Å². The Bertz CT molecular complexity index is 616. The maximum atomic E-state index is 5.46. The zero-order chi connectivity index (χ0) is 12.7. The van der Waals surface area contributed by atoms with Crippen LogP contribution in [-0.2, 0) is 13.6 Å². The fourth-order valence-electron chi connectivity index (χ4n) is 2.73. The van der Waals surface area contributed by atoms with Crippen LogP contribution >= 0.6 is 24.0 Å². The standard InChI is InChI=1S/C12H18N4S2/c1-8-10-11(15(2)14-8)16(12(17)13-10)7-9-3-5-18-6-4-9/h9H,3-7H2,1-2H3,(H,13,17). The summed E-state index contributed by atoms with van der Waals surface area (Å²) in [6, 6.07) is 0. The van der Waals surface area contributed by atoms with Crippen LogP contribution in [0.2, 0.25) is 0 Å². The van der Waals surface area contributed by atoms with Crippen molar-refractivity contribution in [3.8, 4) is 0 Å². The number of fused-ring (bicyclic) bond motifs is 1. The van der Waals surface area contributed by atoms with E-state index in [9.17, 15) is 0 Å². The normalized spacial score (nSPS) is 17.7. The van der Waals surface area contributed by atoms with Crippen molar-refractivity contribution in [3.63, 3.8) is 0 Å². The van der Waals surface area contributed by atoms with Crippen LogP contribution in [0.25, 0.3) is 11.2 Å². The molecule has 0 atom stereocenters. The fraction of sp³-hybridized carbons (Fsp3) is 0.667. The minimum atomic E-state index is 0.757. The van der Waals surface area contributed by atoms with Crippen LogP contribution in [0.4, 0.5) is 0 Å². The van der Waals surface area contributed by atoms with Crippen LogP contribution in [-0.4, -0.2) is 30.8 Å². The first-order chi connectivity index (χ1) is 8.66. The third-order valence-corrected chi connectivity index (χ3v) is 5.08. The molecule has 0 amide bonds. The summed E-state index contributed by atoms with van der Waals surface area (Å²) < 4.78 is 5.00. The number of imidazole rings is 1. The summed E-state index contributed by atoms with van der Waals surface area (Å²) in [6.45, 7) is 3.05. The van der Waals surface area contributed by atoms with Crippen molar-refractivity contribution in [2.45, 2.75) is 26.3 Å². The summed E-state index contributed by atoms with van der Waals surface area (Å²) in [7, 11) is 1.99.